The monoisotopic (exact) mass is 311 g/mol. The lowest BCUT2D eigenvalue weighted by Crippen LogP contribution is -2.35. The molecule has 126 valence electrons. The zero-order chi connectivity index (χ0) is 16.9. The zero-order valence-electron chi connectivity index (χ0n) is 14.8. The van der Waals surface area contributed by atoms with Gasteiger partial charge in [0.2, 0.25) is 5.88 Å². The molecule has 1 aromatic rings. The highest BCUT2D eigenvalue weighted by atomic mass is 16.6. The fourth-order valence-electron chi connectivity index (χ4n) is 2.31. The van der Waals surface area contributed by atoms with Gasteiger partial charge < -0.3 is 14.4 Å². The third-order valence-corrected chi connectivity index (χ3v) is 3.25. The van der Waals surface area contributed by atoms with Crippen LogP contribution in [0.4, 0.5) is 4.79 Å². The Balaban J connectivity index is 0.00000116. The summed E-state index contributed by atoms with van der Waals surface area (Å²) in [6.07, 6.45) is 2.59. The first kappa shape index (κ1) is 18.3. The molecule has 1 saturated heterocycles. The van der Waals surface area contributed by atoms with Crippen LogP contribution in [-0.4, -0.2) is 46.6 Å². The average molecular weight is 311 g/mol. The van der Waals surface area contributed by atoms with Crippen molar-refractivity contribution in [3.8, 4) is 5.88 Å². The Bertz CT molecular complexity index is 491. The molecule has 1 aliphatic heterocycles. The van der Waals surface area contributed by atoms with Gasteiger partial charge in [-0.1, -0.05) is 13.8 Å². The second kappa shape index (κ2) is 7.51. The van der Waals surface area contributed by atoms with E-state index in [0.29, 0.717) is 19.0 Å². The third-order valence-electron chi connectivity index (χ3n) is 3.25. The Morgan fingerprint density at radius 3 is 2.50 bits per heavy atom. The summed E-state index contributed by atoms with van der Waals surface area (Å²) in [6.45, 7) is 12.9. The Hall–Kier alpha value is -1.72. The fraction of sp³-hybridized carbons (Fsp3) is 0.750. The van der Waals surface area contributed by atoms with E-state index in [9.17, 15) is 4.79 Å². The lowest BCUT2D eigenvalue weighted by molar-refractivity contribution is 0.0288. The lowest BCUT2D eigenvalue weighted by atomic mass is 10.2. The van der Waals surface area contributed by atoms with Crippen LogP contribution in [0.2, 0.25) is 0 Å². The molecule has 0 bridgehead atoms. The topological polar surface area (TPSA) is 56.6 Å². The Morgan fingerprint density at radius 2 is 2.00 bits per heavy atom. The average Bonchev–Trinajstić information content (AvgIpc) is 3.05. The van der Waals surface area contributed by atoms with Crippen LogP contribution < -0.4 is 4.74 Å². The fourth-order valence-corrected chi connectivity index (χ4v) is 2.31. The summed E-state index contributed by atoms with van der Waals surface area (Å²) in [5.41, 5.74) is 0.545. The van der Waals surface area contributed by atoms with Crippen LogP contribution in [0.1, 0.15) is 52.6 Å². The summed E-state index contributed by atoms with van der Waals surface area (Å²) in [7, 11) is 1.61. The van der Waals surface area contributed by atoms with E-state index in [1.807, 2.05) is 52.4 Å². The van der Waals surface area contributed by atoms with E-state index in [1.165, 1.54) is 0 Å². The molecule has 0 aromatic carbocycles. The summed E-state index contributed by atoms with van der Waals surface area (Å²) < 4.78 is 12.5. The van der Waals surface area contributed by atoms with Crippen molar-refractivity contribution in [3.63, 3.8) is 0 Å². The van der Waals surface area contributed by atoms with Crippen LogP contribution in [0, 0.1) is 6.92 Å². The van der Waals surface area contributed by atoms with Gasteiger partial charge in [-0.25, -0.2) is 4.79 Å². The highest BCUT2D eigenvalue weighted by Crippen LogP contribution is 2.25. The smallest absolute Gasteiger partial charge is 0.410 e. The molecule has 22 heavy (non-hydrogen) atoms. The summed E-state index contributed by atoms with van der Waals surface area (Å²) in [5.74, 6) is 0.640. The number of carbonyl (C=O) groups is 1. The number of hydrogen-bond donors (Lipinski definition) is 0. The second-order valence-corrected chi connectivity index (χ2v) is 6.17. The summed E-state index contributed by atoms with van der Waals surface area (Å²) >= 11 is 0. The maximum Gasteiger partial charge on any atom is 0.410 e. The molecule has 6 heteroatoms. The normalized spacial score (nSPS) is 17.8. The van der Waals surface area contributed by atoms with Gasteiger partial charge in [-0.2, -0.15) is 0 Å². The molecule has 6 nitrogen and oxygen atoms in total. The van der Waals surface area contributed by atoms with Gasteiger partial charge in [0.1, 0.15) is 5.60 Å². The Labute approximate surface area is 133 Å². The first-order chi connectivity index (χ1) is 10.3. The standard InChI is InChI=1S/C14H23N3O3.C2H6/c1-10-8-17(15-12(10)19-5)11-6-7-16(9-11)13(18)20-14(2,3)4;1-2/h8,11H,6-7,9H2,1-5H3;1-2H3. The summed E-state index contributed by atoms with van der Waals surface area (Å²) in [6, 6.07) is 0.185. The molecule has 1 aliphatic rings. The van der Waals surface area contributed by atoms with Crippen LogP contribution in [0.5, 0.6) is 5.88 Å². The highest BCUT2D eigenvalue weighted by Gasteiger charge is 2.31. The minimum absolute atomic E-state index is 0.185. The number of aromatic nitrogens is 2. The summed E-state index contributed by atoms with van der Waals surface area (Å²) in [4.78, 5) is 13.8. The van der Waals surface area contributed by atoms with Gasteiger partial charge in [-0.05, 0) is 34.1 Å². The molecule has 1 atom stereocenters. The molecule has 0 saturated carbocycles. The van der Waals surface area contributed by atoms with Gasteiger partial charge in [0, 0.05) is 24.8 Å². The number of rotatable bonds is 2. The third kappa shape index (κ3) is 4.64. The van der Waals surface area contributed by atoms with Crippen molar-refractivity contribution in [3.05, 3.63) is 11.8 Å². The van der Waals surface area contributed by atoms with Gasteiger partial charge in [-0.15, -0.1) is 5.10 Å². The summed E-state index contributed by atoms with van der Waals surface area (Å²) in [5, 5.41) is 4.39. The van der Waals surface area contributed by atoms with Crippen LogP contribution in [0.15, 0.2) is 6.20 Å². The molecular weight excluding hydrogens is 282 g/mol. The Kier molecular flexibility index (Phi) is 6.26. The quantitative estimate of drug-likeness (QED) is 0.840. The van der Waals surface area contributed by atoms with Crippen LogP contribution in [0.25, 0.3) is 0 Å². The predicted molar refractivity (Wildman–Crippen MR) is 86.3 cm³/mol. The second-order valence-electron chi connectivity index (χ2n) is 6.17. The minimum Gasteiger partial charge on any atom is -0.480 e. The van der Waals surface area contributed by atoms with E-state index in [4.69, 9.17) is 9.47 Å². The number of hydrogen-bond acceptors (Lipinski definition) is 4. The number of likely N-dealkylation sites (tertiary alicyclic amines) is 1. The van der Waals surface area contributed by atoms with E-state index in [-0.39, 0.29) is 12.1 Å². The molecule has 2 heterocycles. The molecule has 0 N–H and O–H groups in total. The predicted octanol–water partition coefficient (Wildman–Crippen LogP) is 3.41. The molecule has 0 aliphatic carbocycles. The SMILES string of the molecule is CC.COc1nn(C2CCN(C(=O)OC(C)(C)C)C2)cc1C. The van der Waals surface area contributed by atoms with Crippen molar-refractivity contribution in [2.24, 2.45) is 0 Å². The first-order valence-corrected chi connectivity index (χ1v) is 7.88. The van der Waals surface area contributed by atoms with E-state index in [1.54, 1.807) is 12.0 Å². The molecule has 1 fully saturated rings. The van der Waals surface area contributed by atoms with Gasteiger partial charge in [0.25, 0.3) is 0 Å². The molecule has 2 rings (SSSR count). The van der Waals surface area contributed by atoms with Crippen molar-refractivity contribution in [2.45, 2.75) is 59.6 Å². The Morgan fingerprint density at radius 1 is 1.36 bits per heavy atom. The zero-order valence-corrected chi connectivity index (χ0v) is 14.8. The lowest BCUT2D eigenvalue weighted by Gasteiger charge is -2.24. The van der Waals surface area contributed by atoms with Crippen LogP contribution in [-0.2, 0) is 4.74 Å². The molecular formula is C16H29N3O3. The van der Waals surface area contributed by atoms with Gasteiger partial charge in [0.05, 0.1) is 13.2 Å². The minimum atomic E-state index is -0.458. The van der Waals surface area contributed by atoms with Crippen molar-refractivity contribution in [1.29, 1.82) is 0 Å². The number of methoxy groups -OCH3 is 1. The van der Waals surface area contributed by atoms with Gasteiger partial charge in [0.15, 0.2) is 0 Å². The van der Waals surface area contributed by atoms with Crippen LogP contribution in [0.3, 0.4) is 0 Å². The van der Waals surface area contributed by atoms with Gasteiger partial charge in [-0.3, -0.25) is 4.68 Å². The van der Waals surface area contributed by atoms with Crippen molar-refractivity contribution >= 4 is 6.09 Å². The van der Waals surface area contributed by atoms with E-state index in [0.717, 1.165) is 12.0 Å². The van der Waals surface area contributed by atoms with Crippen molar-refractivity contribution in [2.75, 3.05) is 20.2 Å². The molecule has 0 spiro atoms. The number of aryl methyl sites for hydroxylation is 1. The van der Waals surface area contributed by atoms with Crippen molar-refractivity contribution in [1.82, 2.24) is 14.7 Å². The maximum absolute atomic E-state index is 12.0. The number of ether oxygens (including phenoxy) is 2. The van der Waals surface area contributed by atoms with Crippen LogP contribution >= 0.6 is 0 Å². The van der Waals surface area contributed by atoms with Gasteiger partial charge >= 0.3 is 6.09 Å². The van der Waals surface area contributed by atoms with E-state index < -0.39 is 5.60 Å². The molecule has 1 amide bonds. The number of carbonyl (C=O) groups excluding carboxylic acids is 1. The van der Waals surface area contributed by atoms with E-state index in [2.05, 4.69) is 5.10 Å². The first-order valence-electron chi connectivity index (χ1n) is 7.88. The maximum atomic E-state index is 12.0. The highest BCUT2D eigenvalue weighted by molar-refractivity contribution is 5.68. The number of nitrogens with zero attached hydrogens (tertiary/aromatic N) is 3. The molecule has 1 aromatic heterocycles. The van der Waals surface area contributed by atoms with E-state index >= 15 is 0 Å². The molecule has 1 unspecified atom stereocenters. The number of amides is 1. The van der Waals surface area contributed by atoms with Crippen molar-refractivity contribution < 1.29 is 14.3 Å². The largest absolute Gasteiger partial charge is 0.480 e. The molecule has 0 radical (unpaired) electrons.